The zero-order chi connectivity index (χ0) is 21.5. The molecule has 6 heteroatoms. The molecule has 30 heavy (non-hydrogen) atoms. The number of carbonyl (C=O) groups is 1. The molecular formula is C24H20Cl2O4. The van der Waals surface area contributed by atoms with Gasteiger partial charge in [-0.15, -0.1) is 0 Å². The minimum atomic E-state index is -0.149. The molecule has 0 N–H and O–H groups in total. The number of ketones is 1. The van der Waals surface area contributed by atoms with Crippen LogP contribution in [0.4, 0.5) is 0 Å². The normalized spacial score (nSPS) is 10.8. The summed E-state index contributed by atoms with van der Waals surface area (Å²) in [5, 5.41) is 0.861. The van der Waals surface area contributed by atoms with Gasteiger partial charge < -0.3 is 14.2 Å². The Hall–Kier alpha value is -2.95. The summed E-state index contributed by atoms with van der Waals surface area (Å²) in [5.74, 6) is 1.46. The van der Waals surface area contributed by atoms with Gasteiger partial charge in [0.15, 0.2) is 11.5 Å². The zero-order valence-electron chi connectivity index (χ0n) is 16.5. The molecule has 3 aromatic rings. The SMILES string of the molecule is COc1ccc(/C=C/C(=O)c2ccccc2OC)cc1COc1c(Cl)cccc1Cl. The topological polar surface area (TPSA) is 44.8 Å². The molecule has 0 radical (unpaired) electrons. The van der Waals surface area contributed by atoms with E-state index in [-0.39, 0.29) is 12.4 Å². The Morgan fingerprint density at radius 1 is 0.900 bits per heavy atom. The standard InChI is InChI=1S/C24H20Cl2O4/c1-28-22-13-11-16(10-12-21(27)18-6-3-4-9-23(18)29-2)14-17(22)15-30-24-19(25)7-5-8-20(24)26/h3-14H,15H2,1-2H3/b12-10+. The summed E-state index contributed by atoms with van der Waals surface area (Å²) >= 11 is 12.3. The largest absolute Gasteiger partial charge is 0.496 e. The fourth-order valence-electron chi connectivity index (χ4n) is 2.90. The molecule has 0 bridgehead atoms. The molecule has 0 atom stereocenters. The summed E-state index contributed by atoms with van der Waals surface area (Å²) in [4.78, 5) is 12.5. The molecule has 0 aliphatic carbocycles. The van der Waals surface area contributed by atoms with Crippen LogP contribution < -0.4 is 14.2 Å². The van der Waals surface area contributed by atoms with Crippen LogP contribution in [0.5, 0.6) is 17.2 Å². The lowest BCUT2D eigenvalue weighted by atomic mass is 10.1. The van der Waals surface area contributed by atoms with Gasteiger partial charge in [0.2, 0.25) is 0 Å². The first-order valence-electron chi connectivity index (χ1n) is 9.12. The van der Waals surface area contributed by atoms with Crippen molar-refractivity contribution in [1.82, 2.24) is 0 Å². The van der Waals surface area contributed by atoms with E-state index in [0.717, 1.165) is 11.1 Å². The van der Waals surface area contributed by atoms with Crippen molar-refractivity contribution < 1.29 is 19.0 Å². The number of benzene rings is 3. The molecule has 0 saturated carbocycles. The number of allylic oxidation sites excluding steroid dienone is 1. The van der Waals surface area contributed by atoms with Crippen molar-refractivity contribution in [3.63, 3.8) is 0 Å². The molecule has 0 aliphatic heterocycles. The molecule has 3 rings (SSSR count). The number of hydrogen-bond donors (Lipinski definition) is 0. The highest BCUT2D eigenvalue weighted by Gasteiger charge is 2.11. The lowest BCUT2D eigenvalue weighted by molar-refractivity contribution is 0.104. The van der Waals surface area contributed by atoms with Crippen molar-refractivity contribution in [2.75, 3.05) is 14.2 Å². The van der Waals surface area contributed by atoms with Gasteiger partial charge in [-0.05, 0) is 48.0 Å². The van der Waals surface area contributed by atoms with Gasteiger partial charge in [-0.2, -0.15) is 0 Å². The van der Waals surface area contributed by atoms with E-state index >= 15 is 0 Å². The lowest BCUT2D eigenvalue weighted by Gasteiger charge is -2.13. The number of hydrogen-bond acceptors (Lipinski definition) is 4. The number of methoxy groups -OCH3 is 2. The molecule has 0 saturated heterocycles. The highest BCUT2D eigenvalue weighted by molar-refractivity contribution is 6.37. The van der Waals surface area contributed by atoms with Crippen molar-refractivity contribution in [2.24, 2.45) is 0 Å². The van der Waals surface area contributed by atoms with E-state index < -0.39 is 0 Å². The van der Waals surface area contributed by atoms with Crippen molar-refractivity contribution in [3.8, 4) is 17.2 Å². The van der Waals surface area contributed by atoms with E-state index in [1.165, 1.54) is 13.2 Å². The van der Waals surface area contributed by atoms with Crippen LogP contribution in [0.1, 0.15) is 21.5 Å². The Balaban J connectivity index is 1.80. The highest BCUT2D eigenvalue weighted by atomic mass is 35.5. The molecular weight excluding hydrogens is 423 g/mol. The first-order chi connectivity index (χ1) is 14.5. The van der Waals surface area contributed by atoms with E-state index in [1.807, 2.05) is 24.3 Å². The predicted octanol–water partition coefficient (Wildman–Crippen LogP) is 6.49. The molecule has 0 unspecified atom stereocenters. The summed E-state index contributed by atoms with van der Waals surface area (Å²) in [6, 6.07) is 17.8. The smallest absolute Gasteiger partial charge is 0.189 e. The zero-order valence-corrected chi connectivity index (χ0v) is 18.0. The number of halogens is 2. The molecule has 0 fully saturated rings. The van der Waals surface area contributed by atoms with Crippen LogP contribution in [-0.4, -0.2) is 20.0 Å². The van der Waals surface area contributed by atoms with Gasteiger partial charge >= 0.3 is 0 Å². The molecule has 4 nitrogen and oxygen atoms in total. The molecule has 0 heterocycles. The van der Waals surface area contributed by atoms with Crippen LogP contribution in [0.2, 0.25) is 10.0 Å². The maximum absolute atomic E-state index is 12.5. The Bertz CT molecular complexity index is 1060. The van der Waals surface area contributed by atoms with Gasteiger partial charge in [-0.1, -0.05) is 53.5 Å². The molecule has 0 spiro atoms. The van der Waals surface area contributed by atoms with Crippen molar-refractivity contribution in [2.45, 2.75) is 6.61 Å². The van der Waals surface area contributed by atoms with Gasteiger partial charge in [0, 0.05) is 5.56 Å². The Kier molecular flexibility index (Phi) is 7.39. The van der Waals surface area contributed by atoms with Crippen LogP contribution in [0.25, 0.3) is 6.08 Å². The summed E-state index contributed by atoms with van der Waals surface area (Å²) in [6.07, 6.45) is 3.25. The molecule has 154 valence electrons. The van der Waals surface area contributed by atoms with Crippen LogP contribution in [-0.2, 0) is 6.61 Å². The van der Waals surface area contributed by atoms with Crippen molar-refractivity contribution in [1.29, 1.82) is 0 Å². The van der Waals surface area contributed by atoms with E-state index in [1.54, 1.807) is 49.6 Å². The van der Waals surface area contributed by atoms with Crippen LogP contribution in [0.15, 0.2) is 66.7 Å². The fraction of sp³-hybridized carbons (Fsp3) is 0.125. The van der Waals surface area contributed by atoms with E-state index in [0.29, 0.717) is 32.9 Å². The van der Waals surface area contributed by atoms with Crippen LogP contribution in [0.3, 0.4) is 0 Å². The van der Waals surface area contributed by atoms with Crippen LogP contribution >= 0.6 is 23.2 Å². The second kappa shape index (κ2) is 10.2. The minimum Gasteiger partial charge on any atom is -0.496 e. The third-order valence-corrected chi connectivity index (χ3v) is 4.99. The number of carbonyl (C=O) groups excluding carboxylic acids is 1. The van der Waals surface area contributed by atoms with Gasteiger partial charge in [-0.25, -0.2) is 0 Å². The Morgan fingerprint density at radius 3 is 2.30 bits per heavy atom. The van der Waals surface area contributed by atoms with Crippen molar-refractivity contribution >= 4 is 35.1 Å². The quantitative estimate of drug-likeness (QED) is 0.295. The number of rotatable bonds is 8. The average molecular weight is 443 g/mol. The predicted molar refractivity (Wildman–Crippen MR) is 120 cm³/mol. The number of ether oxygens (including phenoxy) is 3. The summed E-state index contributed by atoms with van der Waals surface area (Å²) in [5.41, 5.74) is 2.12. The average Bonchev–Trinajstić information content (AvgIpc) is 2.77. The third-order valence-electron chi connectivity index (χ3n) is 4.39. The maximum Gasteiger partial charge on any atom is 0.189 e. The molecule has 0 amide bonds. The van der Waals surface area contributed by atoms with Crippen molar-refractivity contribution in [3.05, 3.63) is 93.5 Å². The Morgan fingerprint density at radius 2 is 1.60 bits per heavy atom. The Labute approximate surface area is 185 Å². The first kappa shape index (κ1) is 21.8. The molecule has 3 aromatic carbocycles. The van der Waals surface area contributed by atoms with Gasteiger partial charge in [0.25, 0.3) is 0 Å². The second-order valence-corrected chi connectivity index (χ2v) is 7.12. The number of para-hydroxylation sites is 2. The summed E-state index contributed by atoms with van der Waals surface area (Å²) in [6.45, 7) is 0.203. The summed E-state index contributed by atoms with van der Waals surface area (Å²) in [7, 11) is 3.12. The fourth-order valence-corrected chi connectivity index (χ4v) is 3.40. The van der Waals surface area contributed by atoms with Gasteiger partial charge in [-0.3, -0.25) is 4.79 Å². The second-order valence-electron chi connectivity index (χ2n) is 6.31. The van der Waals surface area contributed by atoms with E-state index in [9.17, 15) is 4.79 Å². The first-order valence-corrected chi connectivity index (χ1v) is 9.88. The van der Waals surface area contributed by atoms with E-state index in [4.69, 9.17) is 37.4 Å². The van der Waals surface area contributed by atoms with Gasteiger partial charge in [0.05, 0.1) is 29.8 Å². The summed E-state index contributed by atoms with van der Waals surface area (Å²) < 4.78 is 16.5. The third kappa shape index (κ3) is 5.15. The highest BCUT2D eigenvalue weighted by Crippen LogP contribution is 2.34. The van der Waals surface area contributed by atoms with E-state index in [2.05, 4.69) is 0 Å². The molecule has 0 aliphatic rings. The maximum atomic E-state index is 12.5. The monoisotopic (exact) mass is 442 g/mol. The van der Waals surface area contributed by atoms with Crippen LogP contribution in [0, 0.1) is 0 Å². The molecule has 0 aromatic heterocycles. The van der Waals surface area contributed by atoms with Gasteiger partial charge in [0.1, 0.15) is 18.1 Å². The minimum absolute atomic E-state index is 0.149. The lowest BCUT2D eigenvalue weighted by Crippen LogP contribution is -2.00.